The lowest BCUT2D eigenvalue weighted by Gasteiger charge is -2.22. The van der Waals surface area contributed by atoms with E-state index in [1.165, 1.54) is 22.5 Å². The Labute approximate surface area is 179 Å². The number of hydrogen-bond acceptors (Lipinski definition) is 6. The van der Waals surface area contributed by atoms with Gasteiger partial charge in [-0.1, -0.05) is 17.4 Å². The molecular formula is C19H15F3N4O3S2. The number of nitrogens with zero attached hydrogens (tertiary/aromatic N) is 3. The van der Waals surface area contributed by atoms with E-state index < -0.39 is 39.4 Å². The molecule has 3 aromatic rings. The van der Waals surface area contributed by atoms with Crippen molar-refractivity contribution in [1.29, 1.82) is 0 Å². The Morgan fingerprint density at radius 3 is 2.65 bits per heavy atom. The van der Waals surface area contributed by atoms with Crippen LogP contribution in [-0.4, -0.2) is 35.4 Å². The first-order chi connectivity index (χ1) is 14.8. The van der Waals surface area contributed by atoms with Crippen molar-refractivity contribution >= 4 is 33.0 Å². The summed E-state index contributed by atoms with van der Waals surface area (Å²) >= 11 is 0.901. The lowest BCUT2D eigenvalue weighted by Crippen LogP contribution is -2.30. The quantitative estimate of drug-likeness (QED) is 0.616. The summed E-state index contributed by atoms with van der Waals surface area (Å²) in [4.78, 5) is 12.2. The van der Waals surface area contributed by atoms with E-state index in [1.807, 2.05) is 0 Å². The van der Waals surface area contributed by atoms with Gasteiger partial charge in [-0.05, 0) is 43.2 Å². The minimum atomic E-state index is -3.97. The number of amides is 1. The summed E-state index contributed by atoms with van der Waals surface area (Å²) in [6.07, 6.45) is 1.03. The molecule has 1 aliphatic rings. The summed E-state index contributed by atoms with van der Waals surface area (Å²) in [5.74, 6) is -3.51. The second-order valence-corrected chi connectivity index (χ2v) is 9.66. The lowest BCUT2D eigenvalue weighted by atomic mass is 10.2. The van der Waals surface area contributed by atoms with Crippen LogP contribution < -0.4 is 5.32 Å². The molecule has 1 atom stereocenters. The number of aromatic nitrogens is 2. The summed E-state index contributed by atoms with van der Waals surface area (Å²) in [6, 6.07) is 7.00. The van der Waals surface area contributed by atoms with E-state index in [0.29, 0.717) is 17.8 Å². The van der Waals surface area contributed by atoms with Crippen LogP contribution in [0.4, 0.5) is 18.9 Å². The molecule has 1 fully saturated rings. The Morgan fingerprint density at radius 1 is 1.10 bits per heavy atom. The van der Waals surface area contributed by atoms with Gasteiger partial charge < -0.3 is 5.32 Å². The maximum Gasteiger partial charge on any atom is 0.286 e. The van der Waals surface area contributed by atoms with Crippen molar-refractivity contribution in [2.45, 2.75) is 23.8 Å². The monoisotopic (exact) mass is 468 g/mol. The number of rotatable bonds is 5. The molecule has 12 heteroatoms. The van der Waals surface area contributed by atoms with E-state index in [-0.39, 0.29) is 22.1 Å². The Kier molecular flexibility index (Phi) is 5.77. The van der Waals surface area contributed by atoms with Gasteiger partial charge in [0.25, 0.3) is 5.91 Å². The Morgan fingerprint density at radius 2 is 1.90 bits per heavy atom. The minimum Gasteiger partial charge on any atom is -0.320 e. The molecule has 0 bridgehead atoms. The van der Waals surface area contributed by atoms with Gasteiger partial charge in [0.05, 0.1) is 10.9 Å². The second-order valence-electron chi connectivity index (χ2n) is 6.76. The highest BCUT2D eigenvalue weighted by molar-refractivity contribution is 7.89. The maximum absolute atomic E-state index is 13.5. The first kappa shape index (κ1) is 21.4. The van der Waals surface area contributed by atoms with Crippen molar-refractivity contribution < 1.29 is 26.4 Å². The lowest BCUT2D eigenvalue weighted by molar-refractivity contribution is 0.102. The average molecular weight is 468 g/mol. The topological polar surface area (TPSA) is 92.3 Å². The summed E-state index contributed by atoms with van der Waals surface area (Å²) in [6.45, 7) is 0.222. The number of hydrogen-bond donors (Lipinski definition) is 1. The first-order valence-corrected chi connectivity index (χ1v) is 11.4. The molecule has 4 rings (SSSR count). The highest BCUT2D eigenvalue weighted by Gasteiger charge is 2.38. The van der Waals surface area contributed by atoms with Crippen LogP contribution >= 0.6 is 11.3 Å². The Balaban J connectivity index is 1.55. The maximum atomic E-state index is 13.5. The van der Waals surface area contributed by atoms with Crippen LogP contribution in [0.3, 0.4) is 0 Å². The molecule has 31 heavy (non-hydrogen) atoms. The van der Waals surface area contributed by atoms with Gasteiger partial charge in [0.1, 0.15) is 10.8 Å². The van der Waals surface area contributed by atoms with Gasteiger partial charge in [0.15, 0.2) is 11.6 Å². The summed E-state index contributed by atoms with van der Waals surface area (Å²) in [5.41, 5.74) is 0.0387. The minimum absolute atomic E-state index is 0.0387. The largest absolute Gasteiger partial charge is 0.320 e. The SMILES string of the molecule is O=C(Nc1ccc(F)c(F)c1)c1nnc(C2CCCN2S(=O)(=O)c2cccc(F)c2)s1. The predicted octanol–water partition coefficient (Wildman–Crippen LogP) is 3.73. The number of anilines is 1. The van der Waals surface area contributed by atoms with Crippen LogP contribution in [-0.2, 0) is 10.0 Å². The molecule has 0 spiro atoms. The van der Waals surface area contributed by atoms with Crippen molar-refractivity contribution in [3.63, 3.8) is 0 Å². The fraction of sp³-hybridized carbons (Fsp3) is 0.211. The normalized spacial score (nSPS) is 17.1. The van der Waals surface area contributed by atoms with E-state index in [1.54, 1.807) is 0 Å². The fourth-order valence-corrected chi connectivity index (χ4v) is 5.90. The number of nitrogens with one attached hydrogen (secondary N) is 1. The van der Waals surface area contributed by atoms with Gasteiger partial charge >= 0.3 is 0 Å². The van der Waals surface area contributed by atoms with Crippen molar-refractivity contribution in [1.82, 2.24) is 14.5 Å². The summed E-state index contributed by atoms with van der Waals surface area (Å²) < 4.78 is 67.1. The van der Waals surface area contributed by atoms with E-state index in [2.05, 4.69) is 15.5 Å². The average Bonchev–Trinajstić information content (AvgIpc) is 3.40. The number of sulfonamides is 1. The molecule has 0 saturated carbocycles. The van der Waals surface area contributed by atoms with Crippen LogP contribution in [0.5, 0.6) is 0 Å². The van der Waals surface area contributed by atoms with Crippen molar-refractivity contribution in [3.8, 4) is 0 Å². The predicted molar refractivity (Wildman–Crippen MR) is 106 cm³/mol. The Hall–Kier alpha value is -2.83. The molecule has 0 radical (unpaired) electrons. The molecule has 2 heterocycles. The zero-order valence-corrected chi connectivity index (χ0v) is 17.4. The third-order valence-electron chi connectivity index (χ3n) is 4.70. The number of benzene rings is 2. The molecule has 162 valence electrons. The zero-order chi connectivity index (χ0) is 22.2. The van der Waals surface area contributed by atoms with Crippen LogP contribution in [0, 0.1) is 17.5 Å². The number of halogens is 3. The number of carbonyl (C=O) groups is 1. The van der Waals surface area contributed by atoms with Gasteiger partial charge in [-0.2, -0.15) is 4.31 Å². The highest BCUT2D eigenvalue weighted by atomic mass is 32.2. The van der Waals surface area contributed by atoms with E-state index in [0.717, 1.165) is 35.6 Å². The van der Waals surface area contributed by atoms with Gasteiger partial charge in [-0.15, -0.1) is 10.2 Å². The standard InChI is InChI=1S/C19H15F3N4O3S2/c20-11-3-1-4-13(9-11)31(28,29)26-8-2-5-16(26)18-24-25-19(30-18)17(27)23-12-6-7-14(21)15(22)10-12/h1,3-4,6-7,9-10,16H,2,5,8H2,(H,23,27). The van der Waals surface area contributed by atoms with Gasteiger partial charge in [0, 0.05) is 18.3 Å². The molecule has 2 aromatic carbocycles. The van der Waals surface area contributed by atoms with Crippen molar-refractivity contribution in [3.05, 3.63) is 69.9 Å². The zero-order valence-electron chi connectivity index (χ0n) is 15.8. The molecule has 7 nitrogen and oxygen atoms in total. The molecule has 1 amide bonds. The highest BCUT2D eigenvalue weighted by Crippen LogP contribution is 2.37. The molecule has 1 saturated heterocycles. The third-order valence-corrected chi connectivity index (χ3v) is 7.63. The number of carbonyl (C=O) groups excluding carboxylic acids is 1. The first-order valence-electron chi connectivity index (χ1n) is 9.13. The van der Waals surface area contributed by atoms with Gasteiger partial charge in [-0.25, -0.2) is 21.6 Å². The molecule has 1 N–H and O–H groups in total. The fourth-order valence-electron chi connectivity index (χ4n) is 3.26. The molecular weight excluding hydrogens is 453 g/mol. The van der Waals surface area contributed by atoms with Crippen molar-refractivity contribution in [2.24, 2.45) is 0 Å². The summed E-state index contributed by atoms with van der Waals surface area (Å²) in [5, 5.41) is 10.4. The van der Waals surface area contributed by atoms with E-state index in [9.17, 15) is 26.4 Å². The van der Waals surface area contributed by atoms with Crippen molar-refractivity contribution in [2.75, 3.05) is 11.9 Å². The van der Waals surface area contributed by atoms with Gasteiger partial charge in [0.2, 0.25) is 15.0 Å². The van der Waals surface area contributed by atoms with Crippen LogP contribution in [0.1, 0.15) is 33.7 Å². The van der Waals surface area contributed by atoms with E-state index in [4.69, 9.17) is 0 Å². The molecule has 1 aromatic heterocycles. The Bertz CT molecular complexity index is 1250. The second kappa shape index (κ2) is 8.36. The third kappa shape index (κ3) is 4.31. The molecule has 1 aliphatic heterocycles. The van der Waals surface area contributed by atoms with Gasteiger partial charge in [-0.3, -0.25) is 4.79 Å². The molecule has 1 unspecified atom stereocenters. The van der Waals surface area contributed by atoms with Crippen LogP contribution in [0.15, 0.2) is 47.4 Å². The van der Waals surface area contributed by atoms with E-state index >= 15 is 0 Å². The summed E-state index contributed by atoms with van der Waals surface area (Å²) in [7, 11) is -3.97. The smallest absolute Gasteiger partial charge is 0.286 e. The van der Waals surface area contributed by atoms with Crippen LogP contribution in [0.2, 0.25) is 0 Å². The molecule has 0 aliphatic carbocycles. The van der Waals surface area contributed by atoms with Crippen LogP contribution in [0.25, 0.3) is 0 Å².